The monoisotopic (exact) mass is 208 g/mol. The minimum atomic E-state index is 0.0336. The van der Waals surface area contributed by atoms with Crippen LogP contribution in [-0.2, 0) is 11.2 Å². The molecule has 0 fully saturated rings. The maximum Gasteiger partial charge on any atom is 0.216 e. The third kappa shape index (κ3) is 3.31. The SMILES string of the molecule is COc1cc(CC(=O)C(C)C)nc(C)n1. The Bertz CT molecular complexity index is 362. The quantitative estimate of drug-likeness (QED) is 0.753. The largest absolute Gasteiger partial charge is 0.481 e. The second-order valence-electron chi connectivity index (χ2n) is 3.75. The van der Waals surface area contributed by atoms with Crippen LogP contribution in [-0.4, -0.2) is 22.9 Å². The van der Waals surface area contributed by atoms with Crippen molar-refractivity contribution < 1.29 is 9.53 Å². The van der Waals surface area contributed by atoms with Crippen LogP contribution in [0.5, 0.6) is 5.88 Å². The van der Waals surface area contributed by atoms with Gasteiger partial charge in [-0.3, -0.25) is 4.79 Å². The Morgan fingerprint density at radius 2 is 2.13 bits per heavy atom. The topological polar surface area (TPSA) is 52.1 Å². The highest BCUT2D eigenvalue weighted by atomic mass is 16.5. The molecular weight excluding hydrogens is 192 g/mol. The zero-order valence-electron chi connectivity index (χ0n) is 9.57. The minimum Gasteiger partial charge on any atom is -0.481 e. The molecule has 0 aliphatic rings. The van der Waals surface area contributed by atoms with Crippen molar-refractivity contribution in [1.29, 1.82) is 0 Å². The molecule has 0 radical (unpaired) electrons. The fourth-order valence-electron chi connectivity index (χ4n) is 1.18. The normalized spacial score (nSPS) is 10.5. The maximum absolute atomic E-state index is 11.5. The first-order valence-electron chi connectivity index (χ1n) is 4.94. The van der Waals surface area contributed by atoms with E-state index in [1.165, 1.54) is 0 Å². The maximum atomic E-state index is 11.5. The molecule has 0 amide bonds. The van der Waals surface area contributed by atoms with E-state index in [-0.39, 0.29) is 11.7 Å². The smallest absolute Gasteiger partial charge is 0.216 e. The second kappa shape index (κ2) is 4.87. The van der Waals surface area contributed by atoms with Crippen LogP contribution < -0.4 is 4.74 Å². The third-order valence-corrected chi connectivity index (χ3v) is 2.08. The van der Waals surface area contributed by atoms with Gasteiger partial charge in [0, 0.05) is 18.4 Å². The van der Waals surface area contributed by atoms with Crippen LogP contribution in [0.25, 0.3) is 0 Å². The number of Topliss-reactive ketones (excluding diaryl/α,β-unsaturated/α-hetero) is 1. The number of carbonyl (C=O) groups is 1. The van der Waals surface area contributed by atoms with Crippen molar-refractivity contribution >= 4 is 5.78 Å². The van der Waals surface area contributed by atoms with Gasteiger partial charge < -0.3 is 4.74 Å². The molecule has 1 rings (SSSR count). The molecule has 0 aromatic carbocycles. The Labute approximate surface area is 89.7 Å². The van der Waals surface area contributed by atoms with Crippen LogP contribution in [0.15, 0.2) is 6.07 Å². The number of hydrogen-bond acceptors (Lipinski definition) is 4. The van der Waals surface area contributed by atoms with Gasteiger partial charge in [-0.25, -0.2) is 4.98 Å². The van der Waals surface area contributed by atoms with Crippen molar-refractivity contribution in [3.63, 3.8) is 0 Å². The molecule has 1 heterocycles. The molecule has 4 heteroatoms. The first-order valence-corrected chi connectivity index (χ1v) is 4.94. The molecule has 0 saturated carbocycles. The lowest BCUT2D eigenvalue weighted by atomic mass is 10.0. The Morgan fingerprint density at radius 3 is 2.67 bits per heavy atom. The summed E-state index contributed by atoms with van der Waals surface area (Å²) in [6.07, 6.45) is 0.345. The zero-order chi connectivity index (χ0) is 11.4. The third-order valence-electron chi connectivity index (χ3n) is 2.08. The predicted molar refractivity (Wildman–Crippen MR) is 56.9 cm³/mol. The lowest BCUT2D eigenvalue weighted by Crippen LogP contribution is -2.12. The van der Waals surface area contributed by atoms with Crippen LogP contribution in [0, 0.1) is 12.8 Å². The minimum absolute atomic E-state index is 0.0336. The number of ketones is 1. The summed E-state index contributed by atoms with van der Waals surface area (Å²) < 4.78 is 5.02. The molecule has 0 bridgehead atoms. The van der Waals surface area contributed by atoms with Crippen molar-refractivity contribution in [2.45, 2.75) is 27.2 Å². The molecule has 15 heavy (non-hydrogen) atoms. The molecule has 0 aliphatic carbocycles. The van der Waals surface area contributed by atoms with Gasteiger partial charge in [0.25, 0.3) is 0 Å². The number of aryl methyl sites for hydroxylation is 1. The fraction of sp³-hybridized carbons (Fsp3) is 0.545. The van der Waals surface area contributed by atoms with E-state index in [4.69, 9.17) is 4.74 Å². The fourth-order valence-corrected chi connectivity index (χ4v) is 1.18. The first kappa shape index (κ1) is 11.6. The summed E-state index contributed by atoms with van der Waals surface area (Å²) in [7, 11) is 1.55. The lowest BCUT2D eigenvalue weighted by molar-refractivity contribution is -0.121. The van der Waals surface area contributed by atoms with Crippen molar-refractivity contribution in [3.8, 4) is 5.88 Å². The van der Waals surface area contributed by atoms with Gasteiger partial charge in [0.15, 0.2) is 0 Å². The van der Waals surface area contributed by atoms with Crippen molar-refractivity contribution in [2.24, 2.45) is 5.92 Å². The molecule has 0 spiro atoms. The Kier molecular flexibility index (Phi) is 3.77. The van der Waals surface area contributed by atoms with Gasteiger partial charge in [-0.15, -0.1) is 0 Å². The van der Waals surface area contributed by atoms with Gasteiger partial charge in [0.05, 0.1) is 12.8 Å². The molecule has 0 N–H and O–H groups in total. The zero-order valence-corrected chi connectivity index (χ0v) is 9.57. The highest BCUT2D eigenvalue weighted by molar-refractivity contribution is 5.82. The van der Waals surface area contributed by atoms with Crippen molar-refractivity contribution in [3.05, 3.63) is 17.6 Å². The molecule has 0 aliphatic heterocycles. The van der Waals surface area contributed by atoms with Crippen molar-refractivity contribution in [2.75, 3.05) is 7.11 Å². The van der Waals surface area contributed by atoms with Crippen molar-refractivity contribution in [1.82, 2.24) is 9.97 Å². The average molecular weight is 208 g/mol. The Balaban J connectivity index is 2.85. The Hall–Kier alpha value is -1.45. The molecular formula is C11H16N2O2. The van der Waals surface area contributed by atoms with Gasteiger partial charge in [-0.2, -0.15) is 4.98 Å². The van der Waals surface area contributed by atoms with Crippen LogP contribution in [0.2, 0.25) is 0 Å². The number of hydrogen-bond donors (Lipinski definition) is 0. The number of ether oxygens (including phenoxy) is 1. The van der Waals surface area contributed by atoms with Gasteiger partial charge in [-0.05, 0) is 6.92 Å². The summed E-state index contributed by atoms with van der Waals surface area (Å²) in [4.78, 5) is 19.8. The van der Waals surface area contributed by atoms with E-state index in [0.717, 1.165) is 5.69 Å². The van der Waals surface area contributed by atoms with E-state index in [1.54, 1.807) is 20.1 Å². The number of methoxy groups -OCH3 is 1. The molecule has 0 saturated heterocycles. The number of carbonyl (C=O) groups excluding carboxylic acids is 1. The predicted octanol–water partition coefficient (Wildman–Crippen LogP) is 1.56. The molecule has 1 aromatic heterocycles. The van der Waals surface area contributed by atoms with E-state index < -0.39 is 0 Å². The molecule has 4 nitrogen and oxygen atoms in total. The van der Waals surface area contributed by atoms with Gasteiger partial charge in [0.2, 0.25) is 5.88 Å². The summed E-state index contributed by atoms with van der Waals surface area (Å²) in [6, 6.07) is 1.70. The van der Waals surface area contributed by atoms with E-state index >= 15 is 0 Å². The standard InChI is InChI=1S/C11H16N2O2/c1-7(2)10(14)5-9-6-11(15-4)13-8(3)12-9/h6-7H,5H2,1-4H3. The summed E-state index contributed by atoms with van der Waals surface area (Å²) in [5, 5.41) is 0. The first-order chi connectivity index (χ1) is 7.02. The highest BCUT2D eigenvalue weighted by Gasteiger charge is 2.10. The summed E-state index contributed by atoms with van der Waals surface area (Å²) in [6.45, 7) is 5.55. The van der Waals surface area contributed by atoms with Crippen LogP contribution >= 0.6 is 0 Å². The van der Waals surface area contributed by atoms with Crippen LogP contribution in [0.3, 0.4) is 0 Å². The molecule has 0 unspecified atom stereocenters. The number of nitrogens with zero attached hydrogens (tertiary/aromatic N) is 2. The van der Waals surface area contributed by atoms with E-state index in [1.807, 2.05) is 13.8 Å². The summed E-state index contributed by atoms with van der Waals surface area (Å²) in [5.41, 5.74) is 0.720. The number of rotatable bonds is 4. The van der Waals surface area contributed by atoms with Gasteiger partial charge >= 0.3 is 0 Å². The lowest BCUT2D eigenvalue weighted by Gasteiger charge is -2.06. The highest BCUT2D eigenvalue weighted by Crippen LogP contribution is 2.10. The van der Waals surface area contributed by atoms with Crippen LogP contribution in [0.1, 0.15) is 25.4 Å². The van der Waals surface area contributed by atoms with Crippen LogP contribution in [0.4, 0.5) is 0 Å². The van der Waals surface area contributed by atoms with Gasteiger partial charge in [0.1, 0.15) is 11.6 Å². The Morgan fingerprint density at radius 1 is 1.47 bits per heavy atom. The van der Waals surface area contributed by atoms with Gasteiger partial charge in [-0.1, -0.05) is 13.8 Å². The summed E-state index contributed by atoms with van der Waals surface area (Å²) in [5.74, 6) is 1.34. The summed E-state index contributed by atoms with van der Waals surface area (Å²) >= 11 is 0. The average Bonchev–Trinajstić information content (AvgIpc) is 2.16. The molecule has 82 valence electrons. The van der Waals surface area contributed by atoms with E-state index in [2.05, 4.69) is 9.97 Å². The van der Waals surface area contributed by atoms with E-state index in [9.17, 15) is 4.79 Å². The second-order valence-corrected chi connectivity index (χ2v) is 3.75. The molecule has 1 aromatic rings. The number of aromatic nitrogens is 2. The molecule has 0 atom stereocenters. The van der Waals surface area contributed by atoms with E-state index in [0.29, 0.717) is 18.1 Å².